The number of nitrogens with one attached hydrogen (secondary N) is 1. The second-order valence-corrected chi connectivity index (χ2v) is 7.34. The summed E-state index contributed by atoms with van der Waals surface area (Å²) >= 11 is 0. The summed E-state index contributed by atoms with van der Waals surface area (Å²) in [7, 11) is 1.64. The van der Waals surface area contributed by atoms with Gasteiger partial charge in [-0.3, -0.25) is 14.6 Å². The predicted octanol–water partition coefficient (Wildman–Crippen LogP) is 2.39. The number of rotatable bonds is 7. The van der Waals surface area contributed by atoms with Crippen LogP contribution in [0.3, 0.4) is 0 Å². The molecule has 152 valence electrons. The van der Waals surface area contributed by atoms with E-state index in [0.29, 0.717) is 18.7 Å². The van der Waals surface area contributed by atoms with E-state index in [0.717, 1.165) is 50.5 Å². The first-order chi connectivity index (χ1) is 14.2. The maximum Gasteiger partial charge on any atom is 0.234 e. The average molecular weight is 393 g/mol. The van der Waals surface area contributed by atoms with E-state index in [-0.39, 0.29) is 5.91 Å². The van der Waals surface area contributed by atoms with Gasteiger partial charge in [0.1, 0.15) is 5.75 Å². The number of carbonyl (C=O) groups is 1. The lowest BCUT2D eigenvalue weighted by atomic mass is 10.1. The van der Waals surface area contributed by atoms with Gasteiger partial charge in [-0.05, 0) is 54.9 Å². The van der Waals surface area contributed by atoms with E-state index in [2.05, 4.69) is 21.2 Å². The highest BCUT2D eigenvalue weighted by Crippen LogP contribution is 2.12. The fourth-order valence-electron chi connectivity index (χ4n) is 3.49. The Morgan fingerprint density at radius 3 is 2.34 bits per heavy atom. The van der Waals surface area contributed by atoms with E-state index >= 15 is 0 Å². The molecule has 0 bridgehead atoms. The maximum absolute atomic E-state index is 12.3. The lowest BCUT2D eigenvalue weighted by molar-refractivity contribution is -0.122. The first kappa shape index (κ1) is 20.8. The van der Waals surface area contributed by atoms with E-state index in [1.807, 2.05) is 48.5 Å². The summed E-state index contributed by atoms with van der Waals surface area (Å²) < 4.78 is 5.15. The molecule has 2 aromatic carbocycles. The van der Waals surface area contributed by atoms with Crippen LogP contribution in [0.15, 0.2) is 48.5 Å². The number of amides is 1. The molecule has 1 saturated heterocycles. The smallest absolute Gasteiger partial charge is 0.234 e. The molecule has 29 heavy (non-hydrogen) atoms. The van der Waals surface area contributed by atoms with Crippen molar-refractivity contribution in [3.05, 3.63) is 65.2 Å². The summed E-state index contributed by atoms with van der Waals surface area (Å²) in [6.07, 6.45) is 1.04. The van der Waals surface area contributed by atoms with Crippen molar-refractivity contribution >= 4 is 5.91 Å². The number of methoxy groups -OCH3 is 1. The molecule has 0 saturated carbocycles. The Balaban J connectivity index is 1.41. The molecule has 1 N–H and O–H groups in total. The van der Waals surface area contributed by atoms with Gasteiger partial charge in [-0.25, -0.2) is 0 Å². The number of ether oxygens (including phenoxy) is 1. The highest BCUT2D eigenvalue weighted by molar-refractivity contribution is 5.78. The van der Waals surface area contributed by atoms with E-state index in [4.69, 9.17) is 10.00 Å². The molecule has 1 amide bonds. The van der Waals surface area contributed by atoms with Crippen LogP contribution >= 0.6 is 0 Å². The predicted molar refractivity (Wildman–Crippen MR) is 112 cm³/mol. The average Bonchev–Trinajstić information content (AvgIpc) is 2.98. The number of nitriles is 1. The van der Waals surface area contributed by atoms with Crippen LogP contribution in [0.5, 0.6) is 5.75 Å². The molecular formula is C23H28N4O2. The second-order valence-electron chi connectivity index (χ2n) is 7.34. The van der Waals surface area contributed by atoms with Gasteiger partial charge in [-0.15, -0.1) is 0 Å². The van der Waals surface area contributed by atoms with Gasteiger partial charge in [-0.2, -0.15) is 5.26 Å². The van der Waals surface area contributed by atoms with Crippen LogP contribution in [0.4, 0.5) is 0 Å². The fourth-order valence-corrected chi connectivity index (χ4v) is 3.49. The molecule has 1 heterocycles. The third-order valence-corrected chi connectivity index (χ3v) is 5.19. The van der Waals surface area contributed by atoms with Gasteiger partial charge in [-0.1, -0.05) is 24.3 Å². The van der Waals surface area contributed by atoms with Crippen LogP contribution in [-0.4, -0.2) is 55.5 Å². The Kier molecular flexibility index (Phi) is 7.62. The lowest BCUT2D eigenvalue weighted by Crippen LogP contribution is -2.39. The van der Waals surface area contributed by atoms with Crippen molar-refractivity contribution < 1.29 is 9.53 Å². The van der Waals surface area contributed by atoms with Crippen molar-refractivity contribution in [3.8, 4) is 11.8 Å². The molecule has 0 spiro atoms. The van der Waals surface area contributed by atoms with Gasteiger partial charge in [0.2, 0.25) is 5.91 Å². The van der Waals surface area contributed by atoms with Crippen LogP contribution in [0.1, 0.15) is 23.1 Å². The molecule has 6 nitrogen and oxygen atoms in total. The Morgan fingerprint density at radius 1 is 1.00 bits per heavy atom. The van der Waals surface area contributed by atoms with E-state index in [9.17, 15) is 4.79 Å². The van der Waals surface area contributed by atoms with Gasteiger partial charge >= 0.3 is 0 Å². The quantitative estimate of drug-likeness (QED) is 0.784. The minimum absolute atomic E-state index is 0.0568. The van der Waals surface area contributed by atoms with E-state index < -0.39 is 0 Å². The van der Waals surface area contributed by atoms with Crippen molar-refractivity contribution in [3.63, 3.8) is 0 Å². The van der Waals surface area contributed by atoms with Crippen molar-refractivity contribution in [1.29, 1.82) is 5.26 Å². The molecule has 0 aliphatic carbocycles. The molecular weight excluding hydrogens is 364 g/mol. The molecule has 1 fully saturated rings. The van der Waals surface area contributed by atoms with Crippen LogP contribution in [-0.2, 0) is 17.9 Å². The maximum atomic E-state index is 12.3. The van der Waals surface area contributed by atoms with Gasteiger partial charge in [0, 0.05) is 26.2 Å². The molecule has 1 aliphatic heterocycles. The summed E-state index contributed by atoms with van der Waals surface area (Å²) in [6, 6.07) is 17.7. The molecule has 6 heteroatoms. The number of hydrogen-bond donors (Lipinski definition) is 1. The first-order valence-electron chi connectivity index (χ1n) is 9.99. The largest absolute Gasteiger partial charge is 0.497 e. The highest BCUT2D eigenvalue weighted by atomic mass is 16.5. The molecule has 0 radical (unpaired) electrons. The molecule has 0 unspecified atom stereocenters. The number of carbonyl (C=O) groups excluding carboxylic acids is 1. The van der Waals surface area contributed by atoms with Crippen LogP contribution in [0.2, 0.25) is 0 Å². The van der Waals surface area contributed by atoms with Crippen molar-refractivity contribution in [2.75, 3.05) is 39.8 Å². The summed E-state index contributed by atoms with van der Waals surface area (Å²) in [6.45, 7) is 5.60. The molecule has 3 rings (SSSR count). The normalized spacial score (nSPS) is 15.3. The lowest BCUT2D eigenvalue weighted by Gasteiger charge is -2.21. The summed E-state index contributed by atoms with van der Waals surface area (Å²) in [5, 5.41) is 11.9. The standard InChI is InChI=1S/C23H28N4O2/c1-29-22-9-7-20(8-10-22)16-25-23(28)18-27-12-2-11-26(13-14-27)17-21-5-3-19(15-24)4-6-21/h3-10H,2,11-14,16-18H2,1H3,(H,25,28). The summed E-state index contributed by atoms with van der Waals surface area (Å²) in [5.41, 5.74) is 2.97. The Bertz CT molecular complexity index is 827. The zero-order valence-corrected chi connectivity index (χ0v) is 16.9. The minimum Gasteiger partial charge on any atom is -0.497 e. The summed E-state index contributed by atoms with van der Waals surface area (Å²) in [4.78, 5) is 17.0. The Morgan fingerprint density at radius 2 is 1.66 bits per heavy atom. The number of nitrogens with zero attached hydrogens (tertiary/aromatic N) is 3. The van der Waals surface area contributed by atoms with Crippen molar-refractivity contribution in [2.24, 2.45) is 0 Å². The fraction of sp³-hybridized carbons (Fsp3) is 0.391. The molecule has 0 aromatic heterocycles. The Hall–Kier alpha value is -2.88. The zero-order chi connectivity index (χ0) is 20.5. The monoisotopic (exact) mass is 392 g/mol. The van der Waals surface area contributed by atoms with Gasteiger partial charge in [0.05, 0.1) is 25.3 Å². The molecule has 1 aliphatic rings. The third kappa shape index (κ3) is 6.60. The van der Waals surface area contributed by atoms with Gasteiger partial charge < -0.3 is 10.1 Å². The van der Waals surface area contributed by atoms with Crippen LogP contribution < -0.4 is 10.1 Å². The van der Waals surface area contributed by atoms with Crippen molar-refractivity contribution in [1.82, 2.24) is 15.1 Å². The highest BCUT2D eigenvalue weighted by Gasteiger charge is 2.17. The minimum atomic E-state index is 0.0568. The van der Waals surface area contributed by atoms with Gasteiger partial charge in [0.25, 0.3) is 0 Å². The van der Waals surface area contributed by atoms with E-state index in [1.54, 1.807) is 7.11 Å². The zero-order valence-electron chi connectivity index (χ0n) is 16.9. The molecule has 2 aromatic rings. The van der Waals surface area contributed by atoms with Crippen molar-refractivity contribution in [2.45, 2.75) is 19.5 Å². The number of benzene rings is 2. The van der Waals surface area contributed by atoms with Gasteiger partial charge in [0.15, 0.2) is 0 Å². The Labute approximate surface area is 172 Å². The topological polar surface area (TPSA) is 68.6 Å². The summed E-state index contributed by atoms with van der Waals surface area (Å²) in [5.74, 6) is 0.872. The first-order valence-corrected chi connectivity index (χ1v) is 9.99. The SMILES string of the molecule is COc1ccc(CNC(=O)CN2CCCN(Cc3ccc(C#N)cc3)CC2)cc1. The third-order valence-electron chi connectivity index (χ3n) is 5.19. The number of hydrogen-bond acceptors (Lipinski definition) is 5. The van der Waals surface area contributed by atoms with Crippen LogP contribution in [0.25, 0.3) is 0 Å². The van der Waals surface area contributed by atoms with Crippen LogP contribution in [0, 0.1) is 11.3 Å². The van der Waals surface area contributed by atoms with E-state index in [1.165, 1.54) is 5.56 Å². The molecule has 0 atom stereocenters. The second kappa shape index (κ2) is 10.6.